The third kappa shape index (κ3) is 3.33. The van der Waals surface area contributed by atoms with Crippen LogP contribution < -0.4 is 15.4 Å². The Morgan fingerprint density at radius 2 is 1.68 bits per heavy atom. The van der Waals surface area contributed by atoms with Crippen LogP contribution in [0, 0.1) is 0 Å². The molecule has 1 fully saturated rings. The predicted molar refractivity (Wildman–Crippen MR) is 106 cm³/mol. The van der Waals surface area contributed by atoms with Crippen molar-refractivity contribution in [2.24, 2.45) is 0 Å². The third-order valence-corrected chi connectivity index (χ3v) is 6.77. The molecule has 0 atom stereocenters. The molecule has 1 heterocycles. The van der Waals surface area contributed by atoms with E-state index < -0.39 is 21.5 Å². The van der Waals surface area contributed by atoms with Gasteiger partial charge in [0, 0.05) is 10.7 Å². The van der Waals surface area contributed by atoms with Crippen LogP contribution in [0.25, 0.3) is 0 Å². The van der Waals surface area contributed by atoms with Gasteiger partial charge in [-0.25, -0.2) is 8.42 Å². The summed E-state index contributed by atoms with van der Waals surface area (Å²) in [7, 11) is -3.92. The van der Waals surface area contributed by atoms with Crippen LogP contribution in [0.5, 0.6) is 0 Å². The van der Waals surface area contributed by atoms with Gasteiger partial charge < -0.3 is 10.6 Å². The minimum atomic E-state index is -3.92. The minimum Gasteiger partial charge on any atom is -0.338 e. The predicted octanol–water partition coefficient (Wildman–Crippen LogP) is 3.14. The smallest absolute Gasteiger partial charge is 0.261 e. The molecule has 2 aromatic rings. The molecule has 2 aromatic carbocycles. The topological polar surface area (TPSA) is 104 Å². The Morgan fingerprint density at radius 3 is 2.36 bits per heavy atom. The zero-order chi connectivity index (χ0) is 19.9. The summed E-state index contributed by atoms with van der Waals surface area (Å²) < 4.78 is 27.9. The van der Waals surface area contributed by atoms with Gasteiger partial charge in [0.25, 0.3) is 15.9 Å². The van der Waals surface area contributed by atoms with E-state index in [1.807, 2.05) is 0 Å². The molecule has 0 saturated heterocycles. The first kappa shape index (κ1) is 18.8. The van der Waals surface area contributed by atoms with Crippen LogP contribution in [0.2, 0.25) is 5.02 Å². The molecule has 1 aliphatic carbocycles. The van der Waals surface area contributed by atoms with E-state index in [4.69, 9.17) is 11.6 Å². The Balaban J connectivity index is 1.66. The van der Waals surface area contributed by atoms with Gasteiger partial charge in [0.1, 0.15) is 5.54 Å². The highest BCUT2D eigenvalue weighted by molar-refractivity contribution is 7.92. The Kier molecular flexibility index (Phi) is 4.55. The molecule has 2 aliphatic rings. The highest BCUT2D eigenvalue weighted by atomic mass is 35.5. The van der Waals surface area contributed by atoms with Crippen molar-refractivity contribution in [3.05, 3.63) is 53.1 Å². The molecule has 146 valence electrons. The first-order valence-corrected chi connectivity index (χ1v) is 10.7. The second kappa shape index (κ2) is 6.79. The zero-order valence-corrected chi connectivity index (χ0v) is 16.4. The van der Waals surface area contributed by atoms with Crippen LogP contribution in [0.3, 0.4) is 0 Å². The minimum absolute atomic E-state index is 0.0760. The summed E-state index contributed by atoms with van der Waals surface area (Å²) in [5, 5.41) is 6.07. The molecule has 0 bridgehead atoms. The number of halogens is 1. The molecule has 7 nitrogen and oxygen atoms in total. The fraction of sp³-hybridized carbons (Fsp3) is 0.263. The molecule has 1 spiro atoms. The fourth-order valence-electron chi connectivity index (χ4n) is 3.63. The number of carbonyl (C=O) groups is 2. The van der Waals surface area contributed by atoms with E-state index >= 15 is 0 Å². The maximum Gasteiger partial charge on any atom is 0.261 e. The van der Waals surface area contributed by atoms with Gasteiger partial charge in [0.2, 0.25) is 5.91 Å². The number of sulfonamides is 1. The summed E-state index contributed by atoms with van der Waals surface area (Å²) in [5.41, 5.74) is -0.147. The number of nitrogens with one attached hydrogen (secondary N) is 3. The highest BCUT2D eigenvalue weighted by Gasteiger charge is 2.45. The largest absolute Gasteiger partial charge is 0.338 e. The van der Waals surface area contributed by atoms with Crippen LogP contribution in [-0.2, 0) is 14.8 Å². The van der Waals surface area contributed by atoms with Crippen molar-refractivity contribution in [1.82, 2.24) is 5.32 Å². The summed E-state index contributed by atoms with van der Waals surface area (Å²) in [6.07, 6.45) is 2.85. The first-order chi connectivity index (χ1) is 13.3. The van der Waals surface area contributed by atoms with Crippen molar-refractivity contribution in [1.29, 1.82) is 0 Å². The summed E-state index contributed by atoms with van der Waals surface area (Å²) in [5.74, 6) is -0.717. The molecule has 2 amide bonds. The van der Waals surface area contributed by atoms with Gasteiger partial charge in [-0.2, -0.15) is 0 Å². The van der Waals surface area contributed by atoms with Gasteiger partial charge in [0.05, 0.1) is 16.1 Å². The summed E-state index contributed by atoms with van der Waals surface area (Å²) in [4.78, 5) is 25.3. The molecule has 0 radical (unpaired) electrons. The van der Waals surface area contributed by atoms with Crippen LogP contribution in [-0.4, -0.2) is 25.8 Å². The molecule has 1 aliphatic heterocycles. The monoisotopic (exact) mass is 419 g/mol. The summed E-state index contributed by atoms with van der Waals surface area (Å²) in [6.45, 7) is 0. The van der Waals surface area contributed by atoms with Crippen LogP contribution in [0.4, 0.5) is 11.4 Å². The Hall–Kier alpha value is -2.58. The lowest BCUT2D eigenvalue weighted by Crippen LogP contribution is -2.53. The highest BCUT2D eigenvalue weighted by Crippen LogP contribution is 2.34. The van der Waals surface area contributed by atoms with E-state index in [1.165, 1.54) is 18.2 Å². The number of hydrogen-bond acceptors (Lipinski definition) is 4. The van der Waals surface area contributed by atoms with Crippen molar-refractivity contribution < 1.29 is 18.0 Å². The molecular formula is C19H18ClN3O4S. The molecular weight excluding hydrogens is 402 g/mol. The van der Waals surface area contributed by atoms with Gasteiger partial charge in [-0.15, -0.1) is 0 Å². The average Bonchev–Trinajstić information content (AvgIpc) is 3.09. The molecule has 4 rings (SSSR count). The first-order valence-electron chi connectivity index (χ1n) is 8.86. The summed E-state index contributed by atoms with van der Waals surface area (Å²) >= 11 is 5.82. The van der Waals surface area contributed by atoms with E-state index in [2.05, 4.69) is 15.4 Å². The lowest BCUT2D eigenvalue weighted by Gasteiger charge is -2.25. The van der Waals surface area contributed by atoms with Crippen molar-refractivity contribution in [3.8, 4) is 0 Å². The fourth-order valence-corrected chi connectivity index (χ4v) is 4.84. The van der Waals surface area contributed by atoms with Gasteiger partial charge >= 0.3 is 0 Å². The average molecular weight is 420 g/mol. The SMILES string of the molecule is O=C1NC2(CCCC2)C(=O)Nc2ccc(S(=O)(=O)Nc3ccc(Cl)cc3)cc21. The Morgan fingerprint density at radius 1 is 1.00 bits per heavy atom. The van der Waals surface area contributed by atoms with Crippen LogP contribution in [0.1, 0.15) is 36.0 Å². The molecule has 3 N–H and O–H groups in total. The van der Waals surface area contributed by atoms with Gasteiger partial charge in [0.15, 0.2) is 0 Å². The third-order valence-electron chi connectivity index (χ3n) is 5.14. The van der Waals surface area contributed by atoms with E-state index in [0.717, 1.165) is 12.8 Å². The van der Waals surface area contributed by atoms with Gasteiger partial charge in [-0.05, 0) is 55.3 Å². The standard InChI is InChI=1S/C19H18ClN3O4S/c20-12-3-5-13(6-4-12)23-28(26,27)14-7-8-16-15(11-14)17(24)22-19(18(25)21-16)9-1-2-10-19/h3-8,11,23H,1-2,9-10H2,(H,21,25)(H,22,24). The van der Waals surface area contributed by atoms with E-state index in [9.17, 15) is 18.0 Å². The number of carbonyl (C=O) groups excluding carboxylic acids is 2. The van der Waals surface area contributed by atoms with Crippen molar-refractivity contribution in [3.63, 3.8) is 0 Å². The second-order valence-electron chi connectivity index (χ2n) is 7.02. The van der Waals surface area contributed by atoms with Crippen molar-refractivity contribution in [2.75, 3.05) is 10.0 Å². The maximum atomic E-state index is 12.8. The Labute approximate surface area is 167 Å². The normalized spacial score (nSPS) is 18.2. The zero-order valence-electron chi connectivity index (χ0n) is 14.8. The van der Waals surface area contributed by atoms with E-state index in [0.29, 0.717) is 29.2 Å². The number of anilines is 2. The maximum absolute atomic E-state index is 12.8. The van der Waals surface area contributed by atoms with E-state index in [-0.39, 0.29) is 16.4 Å². The van der Waals surface area contributed by atoms with Gasteiger partial charge in [-0.3, -0.25) is 14.3 Å². The molecule has 9 heteroatoms. The molecule has 1 saturated carbocycles. The number of fused-ring (bicyclic) bond motifs is 1. The second-order valence-corrected chi connectivity index (χ2v) is 9.14. The van der Waals surface area contributed by atoms with E-state index in [1.54, 1.807) is 24.3 Å². The number of rotatable bonds is 3. The molecule has 0 unspecified atom stereocenters. The van der Waals surface area contributed by atoms with Crippen LogP contribution >= 0.6 is 11.6 Å². The summed E-state index contributed by atoms with van der Waals surface area (Å²) in [6, 6.07) is 10.3. The van der Waals surface area contributed by atoms with Crippen LogP contribution in [0.15, 0.2) is 47.4 Å². The Bertz CT molecular complexity index is 1060. The molecule has 0 aromatic heterocycles. The lowest BCUT2D eigenvalue weighted by molar-refractivity contribution is -0.121. The van der Waals surface area contributed by atoms with Crippen molar-refractivity contribution in [2.45, 2.75) is 36.1 Å². The lowest BCUT2D eigenvalue weighted by atomic mass is 9.96. The quantitative estimate of drug-likeness (QED) is 0.710. The number of benzene rings is 2. The number of hydrogen-bond donors (Lipinski definition) is 3. The molecule has 28 heavy (non-hydrogen) atoms. The van der Waals surface area contributed by atoms with Gasteiger partial charge in [-0.1, -0.05) is 24.4 Å². The van der Waals surface area contributed by atoms with Crippen molar-refractivity contribution >= 4 is 44.8 Å². The number of amides is 2.